The van der Waals surface area contributed by atoms with Crippen LogP contribution in [0.15, 0.2) is 72.3 Å². The van der Waals surface area contributed by atoms with Gasteiger partial charge in [0.2, 0.25) is 0 Å². The predicted molar refractivity (Wildman–Crippen MR) is 122 cm³/mol. The van der Waals surface area contributed by atoms with Gasteiger partial charge in [-0.1, -0.05) is 24.3 Å². The molecule has 0 aliphatic carbocycles. The fraction of sp³-hybridized carbons (Fsp3) is 0.120. The number of ether oxygens (including phenoxy) is 1. The number of nitro benzene ring substituents is 1. The number of anilines is 1. The normalized spacial score (nSPS) is 10.8. The minimum atomic E-state index is -0.473. The van der Waals surface area contributed by atoms with Crippen molar-refractivity contribution in [3.05, 3.63) is 105 Å². The first kappa shape index (κ1) is 22.2. The average molecular weight is 427 g/mol. The molecule has 0 spiro atoms. The summed E-state index contributed by atoms with van der Waals surface area (Å²) < 4.78 is 5.69. The maximum absolute atomic E-state index is 12.5. The Balaban J connectivity index is 1.64. The van der Waals surface area contributed by atoms with Crippen molar-refractivity contribution in [1.29, 1.82) is 5.26 Å². The van der Waals surface area contributed by atoms with Crippen LogP contribution in [0.4, 0.5) is 11.4 Å². The maximum atomic E-state index is 12.5. The summed E-state index contributed by atoms with van der Waals surface area (Å²) in [4.78, 5) is 22.8. The van der Waals surface area contributed by atoms with Crippen LogP contribution in [0.1, 0.15) is 22.3 Å². The molecule has 1 N–H and O–H groups in total. The van der Waals surface area contributed by atoms with E-state index in [9.17, 15) is 20.2 Å². The Morgan fingerprint density at radius 2 is 1.78 bits per heavy atom. The van der Waals surface area contributed by atoms with Crippen molar-refractivity contribution in [2.45, 2.75) is 20.5 Å². The van der Waals surface area contributed by atoms with Crippen LogP contribution in [0.5, 0.6) is 5.75 Å². The van der Waals surface area contributed by atoms with E-state index in [0.717, 1.165) is 16.7 Å². The molecule has 0 aliphatic rings. The van der Waals surface area contributed by atoms with Gasteiger partial charge in [0.05, 0.1) is 4.92 Å². The summed E-state index contributed by atoms with van der Waals surface area (Å²) in [5.41, 5.74) is 4.17. The molecule has 3 aromatic carbocycles. The molecule has 1 amide bonds. The third-order valence-electron chi connectivity index (χ3n) is 4.96. The zero-order chi connectivity index (χ0) is 23.1. The minimum Gasteiger partial charge on any atom is -0.489 e. The van der Waals surface area contributed by atoms with E-state index in [1.165, 1.54) is 18.2 Å². The number of rotatable bonds is 7. The standard InChI is InChI=1S/C25H21N3O4/c1-17-4-3-5-24(18(17)2)27-25(29)21(15-26)14-19-8-12-23(13-9-19)32-16-20-6-10-22(11-7-20)28(30)31/h3-14H,16H2,1-2H3,(H,27,29)/b21-14+. The molecule has 0 aromatic heterocycles. The van der Waals surface area contributed by atoms with Gasteiger partial charge >= 0.3 is 0 Å². The highest BCUT2D eigenvalue weighted by molar-refractivity contribution is 6.10. The highest BCUT2D eigenvalue weighted by Crippen LogP contribution is 2.20. The SMILES string of the molecule is Cc1cccc(NC(=O)/C(C#N)=C/c2ccc(OCc3ccc([N+](=O)[O-])cc3)cc2)c1C. The van der Waals surface area contributed by atoms with Crippen LogP contribution in [0, 0.1) is 35.3 Å². The minimum absolute atomic E-state index is 0.00884. The Bertz CT molecular complexity index is 1210. The largest absolute Gasteiger partial charge is 0.489 e. The quantitative estimate of drug-likeness (QED) is 0.237. The Morgan fingerprint density at radius 3 is 2.41 bits per heavy atom. The topological polar surface area (TPSA) is 105 Å². The van der Waals surface area contributed by atoms with E-state index >= 15 is 0 Å². The molecule has 0 unspecified atom stereocenters. The summed E-state index contributed by atoms with van der Waals surface area (Å²) in [6.07, 6.45) is 1.51. The van der Waals surface area contributed by atoms with Gasteiger partial charge in [0.1, 0.15) is 24.0 Å². The molecule has 0 saturated heterocycles. The zero-order valence-corrected chi connectivity index (χ0v) is 17.7. The van der Waals surface area contributed by atoms with Gasteiger partial charge in [-0.25, -0.2) is 0 Å². The van der Waals surface area contributed by atoms with Gasteiger partial charge in [-0.05, 0) is 72.5 Å². The van der Waals surface area contributed by atoms with Gasteiger partial charge < -0.3 is 10.1 Å². The van der Waals surface area contributed by atoms with Crippen molar-refractivity contribution in [1.82, 2.24) is 0 Å². The number of nitrogens with zero attached hydrogens (tertiary/aromatic N) is 2. The predicted octanol–water partition coefficient (Wildman–Crippen LogP) is 5.34. The summed E-state index contributed by atoms with van der Waals surface area (Å²) >= 11 is 0. The van der Waals surface area contributed by atoms with E-state index in [1.807, 2.05) is 32.0 Å². The average Bonchev–Trinajstić information content (AvgIpc) is 2.80. The molecule has 0 saturated carbocycles. The van der Waals surface area contributed by atoms with E-state index < -0.39 is 10.8 Å². The number of hydrogen-bond acceptors (Lipinski definition) is 5. The van der Waals surface area contributed by atoms with Gasteiger partial charge in [-0.2, -0.15) is 5.26 Å². The van der Waals surface area contributed by atoms with Crippen LogP contribution in [-0.2, 0) is 11.4 Å². The first-order chi connectivity index (χ1) is 15.4. The van der Waals surface area contributed by atoms with Gasteiger partial charge in [-0.15, -0.1) is 0 Å². The number of nitrogens with one attached hydrogen (secondary N) is 1. The smallest absolute Gasteiger partial charge is 0.269 e. The zero-order valence-electron chi connectivity index (χ0n) is 17.7. The molecule has 160 valence electrons. The molecule has 7 nitrogen and oxygen atoms in total. The van der Waals surface area contributed by atoms with Gasteiger partial charge in [0, 0.05) is 17.8 Å². The lowest BCUT2D eigenvalue weighted by Gasteiger charge is -2.10. The Morgan fingerprint density at radius 1 is 1.09 bits per heavy atom. The summed E-state index contributed by atoms with van der Waals surface area (Å²) in [5, 5.41) is 22.9. The second-order valence-electron chi connectivity index (χ2n) is 7.15. The second-order valence-corrected chi connectivity index (χ2v) is 7.15. The summed E-state index contributed by atoms with van der Waals surface area (Å²) in [7, 11) is 0. The van der Waals surface area contributed by atoms with Crippen molar-refractivity contribution >= 4 is 23.4 Å². The number of amides is 1. The lowest BCUT2D eigenvalue weighted by atomic mass is 10.1. The molecule has 0 fully saturated rings. The van der Waals surface area contributed by atoms with Crippen LogP contribution in [-0.4, -0.2) is 10.8 Å². The Kier molecular flexibility index (Phi) is 6.99. The Hall–Kier alpha value is -4.44. The first-order valence-corrected chi connectivity index (χ1v) is 9.83. The van der Waals surface area contributed by atoms with Crippen LogP contribution >= 0.6 is 0 Å². The van der Waals surface area contributed by atoms with Crippen LogP contribution in [0.3, 0.4) is 0 Å². The Labute approximate surface area is 185 Å². The van der Waals surface area contributed by atoms with Gasteiger partial charge in [0.25, 0.3) is 11.6 Å². The number of non-ortho nitro benzene ring substituents is 1. The molecule has 0 bridgehead atoms. The van der Waals surface area contributed by atoms with E-state index in [-0.39, 0.29) is 17.9 Å². The molecule has 0 atom stereocenters. The molecule has 0 aliphatic heterocycles. The monoisotopic (exact) mass is 427 g/mol. The van der Waals surface area contributed by atoms with Gasteiger partial charge in [0.15, 0.2) is 0 Å². The van der Waals surface area contributed by atoms with Crippen LogP contribution in [0.25, 0.3) is 6.08 Å². The van der Waals surface area contributed by atoms with Crippen LogP contribution < -0.4 is 10.1 Å². The molecule has 3 rings (SSSR count). The van der Waals surface area contributed by atoms with Crippen molar-refractivity contribution in [2.24, 2.45) is 0 Å². The fourth-order valence-corrected chi connectivity index (χ4v) is 2.93. The van der Waals surface area contributed by atoms with Gasteiger partial charge in [-0.3, -0.25) is 14.9 Å². The fourth-order valence-electron chi connectivity index (χ4n) is 2.93. The van der Waals surface area contributed by atoms with Crippen molar-refractivity contribution < 1.29 is 14.5 Å². The molecule has 0 heterocycles. The maximum Gasteiger partial charge on any atom is 0.269 e. The van der Waals surface area contributed by atoms with Crippen molar-refractivity contribution in [2.75, 3.05) is 5.32 Å². The third-order valence-corrected chi connectivity index (χ3v) is 4.96. The van der Waals surface area contributed by atoms with Crippen molar-refractivity contribution in [3.63, 3.8) is 0 Å². The lowest BCUT2D eigenvalue weighted by molar-refractivity contribution is -0.384. The number of carbonyl (C=O) groups is 1. The van der Waals surface area contributed by atoms with Crippen molar-refractivity contribution in [3.8, 4) is 11.8 Å². The highest BCUT2D eigenvalue weighted by atomic mass is 16.6. The summed E-state index contributed by atoms with van der Waals surface area (Å²) in [6.45, 7) is 4.13. The number of hydrogen-bond donors (Lipinski definition) is 1. The summed E-state index contributed by atoms with van der Waals surface area (Å²) in [6, 6.07) is 20.6. The number of nitriles is 1. The molecule has 7 heteroatoms. The lowest BCUT2D eigenvalue weighted by Crippen LogP contribution is -2.14. The number of benzene rings is 3. The van der Waals surface area contributed by atoms with Crippen LogP contribution in [0.2, 0.25) is 0 Å². The van der Waals surface area contributed by atoms with E-state index in [4.69, 9.17) is 4.74 Å². The van der Waals surface area contributed by atoms with E-state index in [0.29, 0.717) is 17.0 Å². The number of nitro groups is 1. The number of carbonyl (C=O) groups excluding carboxylic acids is 1. The number of aryl methyl sites for hydroxylation is 1. The molecular weight excluding hydrogens is 406 g/mol. The highest BCUT2D eigenvalue weighted by Gasteiger charge is 2.11. The molecular formula is C25H21N3O4. The molecule has 3 aromatic rings. The summed E-state index contributed by atoms with van der Waals surface area (Å²) in [5.74, 6) is 0.124. The first-order valence-electron chi connectivity index (χ1n) is 9.83. The molecule has 32 heavy (non-hydrogen) atoms. The second kappa shape index (κ2) is 10.0. The van der Waals surface area contributed by atoms with E-state index in [2.05, 4.69) is 5.32 Å². The molecule has 0 radical (unpaired) electrons. The van der Waals surface area contributed by atoms with E-state index in [1.54, 1.807) is 42.5 Å². The third kappa shape index (κ3) is 5.58.